The molecule has 2 aromatic carbocycles. The van der Waals surface area contributed by atoms with Crippen LogP contribution in [0, 0.1) is 11.8 Å². The fourth-order valence-electron chi connectivity index (χ4n) is 7.81. The van der Waals surface area contributed by atoms with Crippen molar-refractivity contribution in [3.8, 4) is 28.5 Å². The molecular formula is C35H34N8O4. The zero-order valence-electron chi connectivity index (χ0n) is 26.1. The first-order valence-corrected chi connectivity index (χ1v) is 16.2. The Morgan fingerprint density at radius 2 is 1.87 bits per heavy atom. The molecule has 4 aromatic heterocycles. The molecule has 2 saturated carbocycles. The summed E-state index contributed by atoms with van der Waals surface area (Å²) in [6.07, 6.45) is 4.35. The summed E-state index contributed by atoms with van der Waals surface area (Å²) < 4.78 is 10.1. The Morgan fingerprint density at radius 1 is 1.02 bits per heavy atom. The number of ether oxygens (including phenoxy) is 1. The summed E-state index contributed by atoms with van der Waals surface area (Å²) in [6.45, 7) is 1.50. The van der Waals surface area contributed by atoms with E-state index >= 15 is 0 Å². The number of rotatable bonds is 6. The molecule has 3 atom stereocenters. The highest BCUT2D eigenvalue weighted by atomic mass is 16.5. The minimum absolute atomic E-state index is 0.0259. The number of benzene rings is 2. The summed E-state index contributed by atoms with van der Waals surface area (Å²) in [5.41, 5.74) is 11.2. The van der Waals surface area contributed by atoms with Gasteiger partial charge in [-0.2, -0.15) is 0 Å². The minimum Gasteiger partial charge on any atom is -0.494 e. The van der Waals surface area contributed by atoms with Gasteiger partial charge < -0.3 is 29.5 Å². The number of H-pyrrole nitrogens is 2. The molecule has 0 spiro atoms. The van der Waals surface area contributed by atoms with E-state index in [1.165, 1.54) is 0 Å². The smallest absolute Gasteiger partial charge is 0.326 e. The molecule has 1 aliphatic heterocycles. The van der Waals surface area contributed by atoms with E-state index in [9.17, 15) is 14.4 Å². The Morgan fingerprint density at radius 3 is 2.62 bits per heavy atom. The van der Waals surface area contributed by atoms with E-state index in [-0.39, 0.29) is 18.0 Å². The van der Waals surface area contributed by atoms with Gasteiger partial charge >= 0.3 is 5.69 Å². The topological polar surface area (TPSA) is 157 Å². The average Bonchev–Trinajstić information content (AvgIpc) is 3.47. The van der Waals surface area contributed by atoms with Crippen molar-refractivity contribution in [2.45, 2.75) is 44.3 Å². The predicted octanol–water partition coefficient (Wildman–Crippen LogP) is 3.77. The second-order valence-corrected chi connectivity index (χ2v) is 13.3. The second kappa shape index (κ2) is 10.1. The number of likely N-dealkylation sites (tertiary alicyclic amines) is 1. The largest absolute Gasteiger partial charge is 0.494 e. The van der Waals surface area contributed by atoms with E-state index in [0.29, 0.717) is 46.1 Å². The molecule has 1 amide bonds. The Labute approximate surface area is 268 Å². The lowest BCUT2D eigenvalue weighted by atomic mass is 10.1. The van der Waals surface area contributed by atoms with Crippen molar-refractivity contribution < 1.29 is 9.53 Å². The van der Waals surface area contributed by atoms with Crippen LogP contribution in [0.3, 0.4) is 0 Å². The third kappa shape index (κ3) is 4.34. The molecule has 3 unspecified atom stereocenters. The van der Waals surface area contributed by atoms with Crippen molar-refractivity contribution >= 4 is 38.9 Å². The predicted molar refractivity (Wildman–Crippen MR) is 178 cm³/mol. The summed E-state index contributed by atoms with van der Waals surface area (Å²) in [6, 6.07) is 15.3. The number of aromatic amines is 2. The highest BCUT2D eigenvalue weighted by Crippen LogP contribution is 2.40. The summed E-state index contributed by atoms with van der Waals surface area (Å²) in [4.78, 5) is 55.1. The lowest BCUT2D eigenvalue weighted by molar-refractivity contribution is 0.0700. The highest BCUT2D eigenvalue weighted by molar-refractivity contribution is 6.00. The molecular weight excluding hydrogens is 596 g/mol. The molecule has 0 radical (unpaired) electrons. The number of piperidine rings is 1. The number of nitrogens with two attached hydrogens (primary N) is 1. The van der Waals surface area contributed by atoms with E-state index in [1.54, 1.807) is 19.2 Å². The summed E-state index contributed by atoms with van der Waals surface area (Å²) >= 11 is 0. The Kier molecular flexibility index (Phi) is 6.04. The second-order valence-electron chi connectivity index (χ2n) is 13.3. The molecule has 12 heteroatoms. The number of aryl methyl sites for hydroxylation is 1. The SMILES string of the molecule is COc1cc(C(=O)N2CC3CCC2C3N)cc2nc(-c3cc4ccc(-c5ccc6c(=O)[nH]c(=O)[nH]c6c5)nc4n3CC3CC3)n(C)c12. The van der Waals surface area contributed by atoms with Crippen LogP contribution in [0.1, 0.15) is 36.0 Å². The van der Waals surface area contributed by atoms with Gasteiger partial charge in [-0.05, 0) is 80.0 Å². The fourth-order valence-corrected chi connectivity index (χ4v) is 7.81. The van der Waals surface area contributed by atoms with Gasteiger partial charge in [0.1, 0.15) is 16.9 Å². The van der Waals surface area contributed by atoms with Gasteiger partial charge in [-0.15, -0.1) is 0 Å². The normalized spacial score (nSPS) is 20.7. The monoisotopic (exact) mass is 630 g/mol. The van der Waals surface area contributed by atoms with Gasteiger partial charge in [0.25, 0.3) is 11.5 Å². The van der Waals surface area contributed by atoms with Crippen molar-refractivity contribution in [3.05, 3.63) is 74.9 Å². The van der Waals surface area contributed by atoms with Gasteiger partial charge in [-0.1, -0.05) is 6.07 Å². The van der Waals surface area contributed by atoms with E-state index in [2.05, 4.69) is 20.6 Å². The van der Waals surface area contributed by atoms with Gasteiger partial charge in [-0.3, -0.25) is 14.6 Å². The van der Waals surface area contributed by atoms with Crippen molar-refractivity contribution in [3.63, 3.8) is 0 Å². The van der Waals surface area contributed by atoms with E-state index < -0.39 is 11.2 Å². The van der Waals surface area contributed by atoms with Crippen LogP contribution in [0.15, 0.2) is 58.1 Å². The van der Waals surface area contributed by atoms with E-state index in [0.717, 1.165) is 71.6 Å². The molecule has 12 nitrogen and oxygen atoms in total. The summed E-state index contributed by atoms with van der Waals surface area (Å²) in [7, 11) is 3.60. The number of imidazole rings is 1. The number of methoxy groups -OCH3 is 1. The van der Waals surface area contributed by atoms with Gasteiger partial charge in [0, 0.05) is 48.7 Å². The lowest BCUT2D eigenvalue weighted by Gasteiger charge is -2.27. The van der Waals surface area contributed by atoms with Gasteiger partial charge in [0.15, 0.2) is 5.82 Å². The van der Waals surface area contributed by atoms with E-state index in [1.807, 2.05) is 46.8 Å². The zero-order valence-corrected chi connectivity index (χ0v) is 26.1. The third-order valence-corrected chi connectivity index (χ3v) is 10.5. The highest BCUT2D eigenvalue weighted by Gasteiger charge is 2.47. The number of nitrogens with one attached hydrogen (secondary N) is 2. The number of fused-ring (bicyclic) bond motifs is 5. The van der Waals surface area contributed by atoms with Crippen molar-refractivity contribution in [2.75, 3.05) is 13.7 Å². The maximum Gasteiger partial charge on any atom is 0.326 e. The van der Waals surface area contributed by atoms with Crippen LogP contribution in [0.5, 0.6) is 5.75 Å². The summed E-state index contributed by atoms with van der Waals surface area (Å²) in [5.74, 6) is 2.25. The molecule has 9 rings (SSSR count). The van der Waals surface area contributed by atoms with Crippen LogP contribution in [0.25, 0.3) is 55.7 Å². The summed E-state index contributed by atoms with van der Waals surface area (Å²) in [5, 5.41) is 1.39. The first kappa shape index (κ1) is 28.0. The molecule has 47 heavy (non-hydrogen) atoms. The zero-order chi connectivity index (χ0) is 32.1. The van der Waals surface area contributed by atoms with Crippen molar-refractivity contribution in [2.24, 2.45) is 24.6 Å². The lowest BCUT2D eigenvalue weighted by Crippen LogP contribution is -2.41. The van der Waals surface area contributed by atoms with E-state index in [4.69, 9.17) is 20.4 Å². The molecule has 6 aromatic rings. The average molecular weight is 631 g/mol. The van der Waals surface area contributed by atoms with Crippen LogP contribution in [-0.4, -0.2) is 65.6 Å². The Balaban J connectivity index is 1.16. The van der Waals surface area contributed by atoms with Gasteiger partial charge in [0.05, 0.1) is 34.9 Å². The van der Waals surface area contributed by atoms with Crippen LogP contribution < -0.4 is 21.7 Å². The molecule has 2 bridgehead atoms. The number of hydrogen-bond acceptors (Lipinski definition) is 7. The number of aromatic nitrogens is 6. The third-order valence-electron chi connectivity index (χ3n) is 10.5. The van der Waals surface area contributed by atoms with Crippen LogP contribution in [0.2, 0.25) is 0 Å². The van der Waals surface area contributed by atoms with Crippen LogP contribution >= 0.6 is 0 Å². The first-order chi connectivity index (χ1) is 22.8. The van der Waals surface area contributed by atoms with Gasteiger partial charge in [0.2, 0.25) is 0 Å². The molecule has 2 aliphatic carbocycles. The number of pyridine rings is 1. The molecule has 3 fully saturated rings. The number of nitrogens with zero attached hydrogens (tertiary/aromatic N) is 5. The van der Waals surface area contributed by atoms with Crippen LogP contribution in [-0.2, 0) is 13.6 Å². The van der Waals surface area contributed by atoms with Crippen LogP contribution in [0.4, 0.5) is 0 Å². The fraction of sp³-hybridized carbons (Fsp3) is 0.343. The standard InChI is InChI=1S/C35H34N8O4/c1-41-30-25(12-21(14-28(30)47-2)34(45)43-16-20-7-10-26(43)29(20)36)38-32(41)27-13-19-6-9-23(37-31(19)42(27)15-17-3-4-17)18-5-8-22-24(11-18)39-35(46)40-33(22)44/h5-6,8-9,11-14,17,20,26,29H,3-4,7,10,15-16,36H2,1-2H3,(H2,39,40,44,46). The number of hydrogen-bond donors (Lipinski definition) is 3. The molecule has 1 saturated heterocycles. The minimum atomic E-state index is -0.547. The van der Waals surface area contributed by atoms with Crippen molar-refractivity contribution in [1.29, 1.82) is 0 Å². The van der Waals surface area contributed by atoms with Gasteiger partial charge in [-0.25, -0.2) is 14.8 Å². The first-order valence-electron chi connectivity index (χ1n) is 16.2. The maximum absolute atomic E-state index is 13.7. The molecule has 5 heterocycles. The molecule has 4 N–H and O–H groups in total. The molecule has 3 aliphatic rings. The number of amides is 1. The quantitative estimate of drug-likeness (QED) is 0.253. The Bertz CT molecular complexity index is 2400. The Hall–Kier alpha value is -5.23. The molecule has 238 valence electrons. The number of carbonyl (C=O) groups is 1. The van der Waals surface area contributed by atoms with Crippen molar-refractivity contribution in [1.82, 2.24) is 34.0 Å². The maximum atomic E-state index is 13.7. The number of carbonyl (C=O) groups excluding carboxylic acids is 1.